The Kier molecular flexibility index (Phi) is 3.61. The van der Waals surface area contributed by atoms with E-state index in [9.17, 15) is 0 Å². The van der Waals surface area contributed by atoms with Crippen molar-refractivity contribution in [2.45, 2.75) is 44.2 Å². The van der Waals surface area contributed by atoms with Crippen LogP contribution in [0, 0.1) is 0 Å². The van der Waals surface area contributed by atoms with Crippen LogP contribution in [-0.4, -0.2) is 34.2 Å². The molecule has 2 unspecified atom stereocenters. The standard InChI is InChI=1S/C16H23N5/c1-2-9-18-13(6-1)16-20-14-7-4-10-19-15(14)21(16)12-5-3-8-17-11-12/h4,7,10,12-13,17-18H,1-3,5-6,8-9,11H2. The van der Waals surface area contributed by atoms with Gasteiger partial charge < -0.3 is 15.2 Å². The van der Waals surface area contributed by atoms with Crippen molar-refractivity contribution in [3.05, 3.63) is 24.2 Å². The molecule has 5 heteroatoms. The molecule has 2 aliphatic rings. The monoisotopic (exact) mass is 285 g/mol. The van der Waals surface area contributed by atoms with Crippen molar-refractivity contribution in [2.24, 2.45) is 0 Å². The molecule has 2 atom stereocenters. The number of nitrogens with one attached hydrogen (secondary N) is 2. The summed E-state index contributed by atoms with van der Waals surface area (Å²) in [7, 11) is 0. The fraction of sp³-hybridized carbons (Fsp3) is 0.625. The molecule has 2 aliphatic heterocycles. The van der Waals surface area contributed by atoms with Gasteiger partial charge in [-0.05, 0) is 50.9 Å². The van der Waals surface area contributed by atoms with E-state index in [1.807, 2.05) is 12.3 Å². The molecule has 112 valence electrons. The highest BCUT2D eigenvalue weighted by atomic mass is 15.2. The summed E-state index contributed by atoms with van der Waals surface area (Å²) in [6, 6.07) is 4.94. The molecule has 21 heavy (non-hydrogen) atoms. The van der Waals surface area contributed by atoms with Crippen LogP contribution in [0.1, 0.15) is 50.0 Å². The molecule has 2 fully saturated rings. The molecule has 0 aromatic carbocycles. The Labute approximate surface area is 125 Å². The summed E-state index contributed by atoms with van der Waals surface area (Å²) in [5.74, 6) is 1.19. The highest BCUT2D eigenvalue weighted by Crippen LogP contribution is 2.30. The van der Waals surface area contributed by atoms with Gasteiger partial charge in [0, 0.05) is 18.8 Å². The first-order valence-electron chi connectivity index (χ1n) is 8.20. The van der Waals surface area contributed by atoms with Crippen LogP contribution in [0.25, 0.3) is 11.2 Å². The highest BCUT2D eigenvalue weighted by Gasteiger charge is 2.27. The van der Waals surface area contributed by atoms with Crippen molar-refractivity contribution in [1.82, 2.24) is 25.2 Å². The average Bonchev–Trinajstić information content (AvgIpc) is 2.96. The van der Waals surface area contributed by atoms with Crippen LogP contribution >= 0.6 is 0 Å². The lowest BCUT2D eigenvalue weighted by Crippen LogP contribution is -2.35. The van der Waals surface area contributed by atoms with Crippen molar-refractivity contribution < 1.29 is 0 Å². The average molecular weight is 285 g/mol. The zero-order valence-electron chi connectivity index (χ0n) is 12.4. The van der Waals surface area contributed by atoms with Gasteiger partial charge in [0.25, 0.3) is 0 Å². The number of hydrogen-bond donors (Lipinski definition) is 2. The Morgan fingerprint density at radius 1 is 1.14 bits per heavy atom. The Hall–Kier alpha value is -1.46. The number of rotatable bonds is 2. The molecule has 4 rings (SSSR count). The summed E-state index contributed by atoms with van der Waals surface area (Å²) in [5, 5.41) is 7.17. The molecule has 0 spiro atoms. The molecule has 0 saturated carbocycles. The minimum absolute atomic E-state index is 0.384. The normalized spacial score (nSPS) is 27.0. The molecular weight excluding hydrogens is 262 g/mol. The number of nitrogens with zero attached hydrogens (tertiary/aromatic N) is 3. The van der Waals surface area contributed by atoms with E-state index in [0.717, 1.165) is 30.8 Å². The molecule has 2 aromatic rings. The summed E-state index contributed by atoms with van der Waals surface area (Å²) in [6.45, 7) is 3.26. The molecule has 2 saturated heterocycles. The first kappa shape index (κ1) is 13.2. The number of piperidine rings is 2. The lowest BCUT2D eigenvalue weighted by atomic mass is 10.0. The predicted octanol–water partition coefficient (Wildman–Crippen LogP) is 2.17. The minimum Gasteiger partial charge on any atom is -0.315 e. The van der Waals surface area contributed by atoms with Crippen LogP contribution < -0.4 is 10.6 Å². The van der Waals surface area contributed by atoms with Crippen molar-refractivity contribution in [1.29, 1.82) is 0 Å². The van der Waals surface area contributed by atoms with Crippen LogP contribution in [-0.2, 0) is 0 Å². The van der Waals surface area contributed by atoms with Gasteiger partial charge in [0.2, 0.25) is 0 Å². The first-order chi connectivity index (χ1) is 10.4. The van der Waals surface area contributed by atoms with Gasteiger partial charge in [-0.1, -0.05) is 6.42 Å². The third-order valence-corrected chi connectivity index (χ3v) is 4.73. The van der Waals surface area contributed by atoms with Gasteiger partial charge in [-0.2, -0.15) is 0 Å². The number of fused-ring (bicyclic) bond motifs is 1. The molecule has 2 aromatic heterocycles. The van der Waals surface area contributed by atoms with Gasteiger partial charge in [0.1, 0.15) is 11.3 Å². The van der Waals surface area contributed by atoms with Crippen molar-refractivity contribution in [2.75, 3.05) is 19.6 Å². The fourth-order valence-corrected chi connectivity index (χ4v) is 3.68. The highest BCUT2D eigenvalue weighted by molar-refractivity contribution is 5.71. The van der Waals surface area contributed by atoms with Crippen LogP contribution in [0.4, 0.5) is 0 Å². The van der Waals surface area contributed by atoms with Crippen LogP contribution in [0.5, 0.6) is 0 Å². The largest absolute Gasteiger partial charge is 0.315 e. The molecule has 4 heterocycles. The predicted molar refractivity (Wildman–Crippen MR) is 83.3 cm³/mol. The first-order valence-corrected chi connectivity index (χ1v) is 8.20. The zero-order chi connectivity index (χ0) is 14.1. The van der Waals surface area contributed by atoms with Crippen molar-refractivity contribution in [3.63, 3.8) is 0 Å². The maximum absolute atomic E-state index is 4.92. The summed E-state index contributed by atoms with van der Waals surface area (Å²) in [6.07, 6.45) is 8.08. The molecule has 2 N–H and O–H groups in total. The summed E-state index contributed by atoms with van der Waals surface area (Å²) < 4.78 is 2.41. The van der Waals surface area contributed by atoms with E-state index >= 15 is 0 Å². The Bertz CT molecular complexity index is 608. The maximum Gasteiger partial charge on any atom is 0.160 e. The van der Waals surface area contributed by atoms with E-state index in [1.54, 1.807) is 0 Å². The van der Waals surface area contributed by atoms with Gasteiger partial charge in [0.15, 0.2) is 5.65 Å². The molecule has 0 aliphatic carbocycles. The summed E-state index contributed by atoms with van der Waals surface area (Å²) in [5.41, 5.74) is 2.08. The Morgan fingerprint density at radius 3 is 2.95 bits per heavy atom. The smallest absolute Gasteiger partial charge is 0.160 e. The third-order valence-electron chi connectivity index (χ3n) is 4.73. The number of aromatic nitrogens is 3. The topological polar surface area (TPSA) is 54.8 Å². The van der Waals surface area contributed by atoms with E-state index < -0.39 is 0 Å². The lowest BCUT2D eigenvalue weighted by Gasteiger charge is -2.29. The van der Waals surface area contributed by atoms with E-state index in [0.29, 0.717) is 12.1 Å². The second kappa shape index (κ2) is 5.73. The van der Waals surface area contributed by atoms with Gasteiger partial charge >= 0.3 is 0 Å². The number of hydrogen-bond acceptors (Lipinski definition) is 4. The Morgan fingerprint density at radius 2 is 2.14 bits per heavy atom. The van der Waals surface area contributed by atoms with Crippen LogP contribution in [0.2, 0.25) is 0 Å². The molecule has 5 nitrogen and oxygen atoms in total. The van der Waals surface area contributed by atoms with E-state index in [2.05, 4.69) is 26.3 Å². The number of imidazole rings is 1. The van der Waals surface area contributed by atoms with Gasteiger partial charge in [0.05, 0.1) is 6.04 Å². The van der Waals surface area contributed by atoms with E-state index in [4.69, 9.17) is 4.98 Å². The van der Waals surface area contributed by atoms with Crippen molar-refractivity contribution in [3.8, 4) is 0 Å². The lowest BCUT2D eigenvalue weighted by molar-refractivity contribution is 0.335. The van der Waals surface area contributed by atoms with Crippen molar-refractivity contribution >= 4 is 11.2 Å². The van der Waals surface area contributed by atoms with Crippen LogP contribution in [0.3, 0.4) is 0 Å². The van der Waals surface area contributed by atoms with E-state index in [-0.39, 0.29) is 0 Å². The molecule has 0 amide bonds. The fourth-order valence-electron chi connectivity index (χ4n) is 3.68. The third kappa shape index (κ3) is 2.45. The maximum atomic E-state index is 4.92. The SMILES string of the molecule is c1cnc2c(c1)nc(C1CCCCN1)n2C1CCCNC1. The molecular formula is C16H23N5. The second-order valence-corrected chi connectivity index (χ2v) is 6.19. The number of pyridine rings is 1. The molecule has 0 bridgehead atoms. The molecule has 0 radical (unpaired) electrons. The minimum atomic E-state index is 0.384. The quantitative estimate of drug-likeness (QED) is 0.888. The summed E-state index contributed by atoms with van der Waals surface area (Å²) >= 11 is 0. The van der Waals surface area contributed by atoms with Gasteiger partial charge in [-0.15, -0.1) is 0 Å². The zero-order valence-corrected chi connectivity index (χ0v) is 12.4. The Balaban J connectivity index is 1.79. The van der Waals surface area contributed by atoms with Gasteiger partial charge in [-0.3, -0.25) is 0 Å². The van der Waals surface area contributed by atoms with E-state index in [1.165, 1.54) is 37.9 Å². The van der Waals surface area contributed by atoms with Gasteiger partial charge in [-0.25, -0.2) is 9.97 Å². The second-order valence-electron chi connectivity index (χ2n) is 6.19. The van der Waals surface area contributed by atoms with Crippen LogP contribution in [0.15, 0.2) is 18.3 Å². The summed E-state index contributed by atoms with van der Waals surface area (Å²) in [4.78, 5) is 9.54.